The van der Waals surface area contributed by atoms with E-state index in [0.29, 0.717) is 16.4 Å². The zero-order chi connectivity index (χ0) is 15.3. The number of carboxylic acids is 1. The van der Waals surface area contributed by atoms with E-state index in [0.717, 1.165) is 0 Å². The normalized spacial score (nSPS) is 11.8. The van der Waals surface area contributed by atoms with Crippen LogP contribution in [-0.4, -0.2) is 40.4 Å². The van der Waals surface area contributed by atoms with Gasteiger partial charge < -0.3 is 15.3 Å². The smallest absolute Gasteiger partial charge is 0.305 e. The second-order valence-corrected chi connectivity index (χ2v) is 5.47. The van der Waals surface area contributed by atoms with Crippen LogP contribution in [0.3, 0.4) is 0 Å². The van der Waals surface area contributed by atoms with Gasteiger partial charge >= 0.3 is 5.97 Å². The van der Waals surface area contributed by atoms with E-state index < -0.39 is 5.97 Å². The fraction of sp³-hybridized carbons (Fsp3) is 0.462. The second kappa shape index (κ2) is 7.04. The first-order valence-corrected chi connectivity index (χ1v) is 7.07. The van der Waals surface area contributed by atoms with Gasteiger partial charge in [0.05, 0.1) is 16.3 Å². The molecule has 110 valence electrons. The van der Waals surface area contributed by atoms with Gasteiger partial charge in [0.15, 0.2) is 0 Å². The molecule has 0 aliphatic heterocycles. The molecule has 0 spiro atoms. The van der Waals surface area contributed by atoms with Crippen LogP contribution in [0.2, 0.25) is 0 Å². The molecule has 1 aromatic rings. The molecule has 1 aromatic heterocycles. The molecule has 7 heteroatoms. The third-order valence-electron chi connectivity index (χ3n) is 2.72. The number of nitrogens with one attached hydrogen (secondary N) is 1. The van der Waals surface area contributed by atoms with Crippen LogP contribution in [0.15, 0.2) is 12.1 Å². The van der Waals surface area contributed by atoms with Gasteiger partial charge in [0, 0.05) is 19.5 Å². The number of carbonyl (C=O) groups is 3. The highest BCUT2D eigenvalue weighted by molar-refractivity contribution is 7.18. The van der Waals surface area contributed by atoms with Crippen molar-refractivity contribution in [2.45, 2.75) is 33.2 Å². The summed E-state index contributed by atoms with van der Waals surface area (Å²) in [6.07, 6.45) is -0.0937. The molecule has 0 bridgehead atoms. The van der Waals surface area contributed by atoms with Crippen LogP contribution < -0.4 is 5.32 Å². The van der Waals surface area contributed by atoms with E-state index in [4.69, 9.17) is 5.11 Å². The van der Waals surface area contributed by atoms with E-state index in [1.165, 1.54) is 23.2 Å². The van der Waals surface area contributed by atoms with E-state index in [1.807, 2.05) is 0 Å². The van der Waals surface area contributed by atoms with Gasteiger partial charge in [-0.25, -0.2) is 0 Å². The van der Waals surface area contributed by atoms with Crippen molar-refractivity contribution in [3.05, 3.63) is 17.0 Å². The Morgan fingerprint density at radius 3 is 2.55 bits per heavy atom. The fourth-order valence-corrected chi connectivity index (χ4v) is 2.76. The molecule has 1 unspecified atom stereocenters. The van der Waals surface area contributed by atoms with Crippen LogP contribution in [-0.2, 0) is 9.59 Å². The third kappa shape index (κ3) is 4.34. The van der Waals surface area contributed by atoms with Crippen molar-refractivity contribution >= 4 is 34.1 Å². The Labute approximate surface area is 121 Å². The van der Waals surface area contributed by atoms with Crippen LogP contribution >= 0.6 is 11.3 Å². The molecule has 20 heavy (non-hydrogen) atoms. The summed E-state index contributed by atoms with van der Waals surface area (Å²) >= 11 is 1.18. The van der Waals surface area contributed by atoms with Gasteiger partial charge in [-0.05, 0) is 26.0 Å². The number of rotatable bonds is 6. The van der Waals surface area contributed by atoms with Gasteiger partial charge in [-0.15, -0.1) is 11.3 Å². The lowest BCUT2D eigenvalue weighted by atomic mass is 10.2. The van der Waals surface area contributed by atoms with Crippen LogP contribution in [0.4, 0.5) is 5.00 Å². The van der Waals surface area contributed by atoms with Crippen LogP contribution in [0, 0.1) is 0 Å². The molecule has 0 aliphatic rings. The molecule has 0 radical (unpaired) electrons. The maximum Gasteiger partial charge on any atom is 0.305 e. The Morgan fingerprint density at radius 2 is 2.05 bits per heavy atom. The van der Waals surface area contributed by atoms with Gasteiger partial charge in [0.1, 0.15) is 0 Å². The maximum absolute atomic E-state index is 12.3. The number of hydrogen-bond donors (Lipinski definition) is 2. The summed E-state index contributed by atoms with van der Waals surface area (Å²) in [4.78, 5) is 36.0. The predicted octanol–water partition coefficient (Wildman–Crippen LogP) is 2.03. The molecule has 0 aromatic carbocycles. The number of anilines is 1. The van der Waals surface area contributed by atoms with E-state index in [2.05, 4.69) is 5.32 Å². The monoisotopic (exact) mass is 298 g/mol. The average molecular weight is 298 g/mol. The summed E-state index contributed by atoms with van der Waals surface area (Å²) < 4.78 is 0. The third-order valence-corrected chi connectivity index (χ3v) is 3.71. The molecule has 2 N–H and O–H groups in total. The van der Waals surface area contributed by atoms with Crippen LogP contribution in [0.5, 0.6) is 0 Å². The van der Waals surface area contributed by atoms with E-state index in [1.54, 1.807) is 26.0 Å². The minimum absolute atomic E-state index is 0.0937. The topological polar surface area (TPSA) is 86.7 Å². The number of carbonyl (C=O) groups excluding carboxylic acids is 2. The average Bonchev–Trinajstić information content (AvgIpc) is 2.76. The standard InChI is InChI=1S/C13H18N2O4S/c1-4-15(8(2)7-12(17)18)13(19)10-5-6-11(20-10)14-9(3)16/h5-6,8H,4,7H2,1-3H3,(H,14,16)(H,17,18). The molecule has 1 heterocycles. The molecular formula is C13H18N2O4S. The molecule has 1 rings (SSSR count). The van der Waals surface area contributed by atoms with Crippen molar-refractivity contribution < 1.29 is 19.5 Å². The van der Waals surface area contributed by atoms with Crippen molar-refractivity contribution in [3.63, 3.8) is 0 Å². The van der Waals surface area contributed by atoms with E-state index in [9.17, 15) is 14.4 Å². The molecule has 1 atom stereocenters. The van der Waals surface area contributed by atoms with Gasteiger partial charge in [-0.1, -0.05) is 0 Å². The number of carboxylic acid groups (broad SMARTS) is 1. The summed E-state index contributed by atoms with van der Waals surface area (Å²) in [6.45, 7) is 5.34. The largest absolute Gasteiger partial charge is 0.481 e. The summed E-state index contributed by atoms with van der Waals surface area (Å²) in [5.74, 6) is -1.35. The van der Waals surface area contributed by atoms with Gasteiger partial charge in [0.25, 0.3) is 5.91 Å². The zero-order valence-corrected chi connectivity index (χ0v) is 12.5. The van der Waals surface area contributed by atoms with Gasteiger partial charge in [0.2, 0.25) is 5.91 Å². The number of hydrogen-bond acceptors (Lipinski definition) is 4. The van der Waals surface area contributed by atoms with E-state index >= 15 is 0 Å². The lowest BCUT2D eigenvalue weighted by molar-refractivity contribution is -0.138. The van der Waals surface area contributed by atoms with Crippen molar-refractivity contribution in [2.24, 2.45) is 0 Å². The molecule has 6 nitrogen and oxygen atoms in total. The van der Waals surface area contributed by atoms with Gasteiger partial charge in [-0.2, -0.15) is 0 Å². The van der Waals surface area contributed by atoms with Crippen molar-refractivity contribution in [1.82, 2.24) is 4.90 Å². The highest BCUT2D eigenvalue weighted by Gasteiger charge is 2.23. The second-order valence-electron chi connectivity index (χ2n) is 4.38. The van der Waals surface area contributed by atoms with Crippen molar-refractivity contribution in [1.29, 1.82) is 0 Å². The quantitative estimate of drug-likeness (QED) is 0.841. The molecular weight excluding hydrogens is 280 g/mol. The minimum atomic E-state index is -0.936. The van der Waals surface area contributed by atoms with Crippen molar-refractivity contribution in [3.8, 4) is 0 Å². The lowest BCUT2D eigenvalue weighted by Gasteiger charge is -2.26. The summed E-state index contributed by atoms with van der Waals surface area (Å²) in [6, 6.07) is 2.92. The summed E-state index contributed by atoms with van der Waals surface area (Å²) in [5.41, 5.74) is 0. The first kappa shape index (κ1) is 16.2. The van der Waals surface area contributed by atoms with Crippen molar-refractivity contribution in [2.75, 3.05) is 11.9 Å². The molecule has 0 saturated heterocycles. The Balaban J connectivity index is 2.82. The Morgan fingerprint density at radius 1 is 1.40 bits per heavy atom. The number of amides is 2. The van der Waals surface area contributed by atoms with E-state index in [-0.39, 0.29) is 24.3 Å². The lowest BCUT2D eigenvalue weighted by Crippen LogP contribution is -2.39. The molecule has 0 aliphatic carbocycles. The Bertz CT molecular complexity index is 512. The minimum Gasteiger partial charge on any atom is -0.481 e. The molecule has 2 amide bonds. The molecule has 0 fully saturated rings. The SMILES string of the molecule is CCN(C(=O)c1ccc(NC(C)=O)s1)C(C)CC(=O)O. The summed E-state index contributed by atoms with van der Waals surface area (Å²) in [5, 5.41) is 12.0. The molecule has 0 saturated carbocycles. The maximum atomic E-state index is 12.3. The Kier molecular flexibility index (Phi) is 5.69. The highest BCUT2D eigenvalue weighted by Crippen LogP contribution is 2.24. The van der Waals surface area contributed by atoms with Gasteiger partial charge in [-0.3, -0.25) is 14.4 Å². The van der Waals surface area contributed by atoms with Crippen LogP contribution in [0.1, 0.15) is 36.9 Å². The first-order valence-electron chi connectivity index (χ1n) is 6.25. The highest BCUT2D eigenvalue weighted by atomic mass is 32.1. The predicted molar refractivity (Wildman–Crippen MR) is 77.0 cm³/mol. The number of nitrogens with zero attached hydrogens (tertiary/aromatic N) is 1. The fourth-order valence-electron chi connectivity index (χ4n) is 1.85. The zero-order valence-electron chi connectivity index (χ0n) is 11.7. The first-order chi connectivity index (χ1) is 9.35. The number of aliphatic carboxylic acids is 1. The number of thiophene rings is 1. The summed E-state index contributed by atoms with van der Waals surface area (Å²) in [7, 11) is 0. The van der Waals surface area contributed by atoms with Crippen LogP contribution in [0.25, 0.3) is 0 Å². The Hall–Kier alpha value is -1.89.